The second-order valence-electron chi connectivity index (χ2n) is 2.31. The van der Waals surface area contributed by atoms with Gasteiger partial charge in [0.2, 0.25) is 0 Å². The number of halogens is 2. The zero-order valence-electron chi connectivity index (χ0n) is 7.29. The highest BCUT2D eigenvalue weighted by Gasteiger charge is 2.04. The molecule has 3 nitrogen and oxygen atoms in total. The van der Waals surface area contributed by atoms with Crippen LogP contribution >= 0.6 is 35.0 Å². The predicted octanol–water partition coefficient (Wildman–Crippen LogP) is 2.65. The molecule has 14 heavy (non-hydrogen) atoms. The summed E-state index contributed by atoms with van der Waals surface area (Å²) in [4.78, 5) is 15.4. The highest BCUT2D eigenvalue weighted by Crippen LogP contribution is 2.23. The summed E-state index contributed by atoms with van der Waals surface area (Å²) in [5.74, 6) is -0.0632. The Morgan fingerprint density at radius 3 is 2.57 bits per heavy atom. The molecule has 0 spiro atoms. The van der Waals surface area contributed by atoms with Crippen LogP contribution in [0.3, 0.4) is 0 Å². The van der Waals surface area contributed by atoms with E-state index in [1.165, 1.54) is 18.9 Å². The standard InChI is InChI=1S/C8H7Cl2NO2S/c1-13-8(12)4-14-5-2-6(9)11-7(10)3-5/h2-3H,4H2,1H3. The number of carbonyl (C=O) groups excluding carboxylic acids is 1. The third-order valence-corrected chi connectivity index (χ3v) is 2.66. The quantitative estimate of drug-likeness (QED) is 0.471. The molecule has 0 saturated carbocycles. The molecule has 0 aromatic carbocycles. The third kappa shape index (κ3) is 3.74. The van der Waals surface area contributed by atoms with Crippen LogP contribution in [0, 0.1) is 0 Å². The van der Waals surface area contributed by atoms with Crippen molar-refractivity contribution in [3.05, 3.63) is 22.4 Å². The minimum absolute atomic E-state index is 0.229. The summed E-state index contributed by atoms with van der Waals surface area (Å²) in [6.45, 7) is 0. The normalized spacial score (nSPS) is 9.93. The fraction of sp³-hybridized carbons (Fsp3) is 0.250. The lowest BCUT2D eigenvalue weighted by atomic mass is 10.5. The molecule has 1 aromatic rings. The highest BCUT2D eigenvalue weighted by atomic mass is 35.5. The molecule has 1 aromatic heterocycles. The first-order valence-corrected chi connectivity index (χ1v) is 5.38. The molecular weight excluding hydrogens is 245 g/mol. The fourth-order valence-electron chi connectivity index (χ4n) is 0.728. The van der Waals surface area contributed by atoms with Gasteiger partial charge in [0.1, 0.15) is 10.3 Å². The molecule has 0 N–H and O–H groups in total. The van der Waals surface area contributed by atoms with Crippen molar-refractivity contribution in [1.82, 2.24) is 4.98 Å². The van der Waals surface area contributed by atoms with Crippen LogP contribution in [0.1, 0.15) is 0 Å². The molecule has 0 aliphatic carbocycles. The largest absolute Gasteiger partial charge is 0.468 e. The maximum Gasteiger partial charge on any atom is 0.315 e. The monoisotopic (exact) mass is 251 g/mol. The van der Waals surface area contributed by atoms with Crippen LogP contribution in [-0.2, 0) is 9.53 Å². The topological polar surface area (TPSA) is 39.2 Å². The number of hydrogen-bond acceptors (Lipinski definition) is 4. The molecule has 0 aliphatic heterocycles. The Labute approximate surface area is 95.8 Å². The molecule has 76 valence electrons. The first-order valence-electron chi connectivity index (χ1n) is 3.64. The minimum atomic E-state index is -0.293. The third-order valence-electron chi connectivity index (χ3n) is 1.32. The van der Waals surface area contributed by atoms with Gasteiger partial charge in [0.25, 0.3) is 0 Å². The average molecular weight is 252 g/mol. The Kier molecular flexibility index (Phi) is 4.51. The number of rotatable bonds is 3. The smallest absolute Gasteiger partial charge is 0.315 e. The van der Waals surface area contributed by atoms with E-state index in [0.29, 0.717) is 10.3 Å². The van der Waals surface area contributed by atoms with Gasteiger partial charge in [-0.1, -0.05) is 23.2 Å². The highest BCUT2D eigenvalue weighted by molar-refractivity contribution is 8.00. The van der Waals surface area contributed by atoms with Crippen molar-refractivity contribution in [2.75, 3.05) is 12.9 Å². The number of aromatic nitrogens is 1. The van der Waals surface area contributed by atoms with Crippen LogP contribution in [0.2, 0.25) is 10.3 Å². The number of hydrogen-bond donors (Lipinski definition) is 0. The van der Waals surface area contributed by atoms with Crippen LogP contribution in [0.5, 0.6) is 0 Å². The van der Waals surface area contributed by atoms with E-state index < -0.39 is 0 Å². The molecule has 6 heteroatoms. The maximum absolute atomic E-state index is 10.8. The molecule has 0 radical (unpaired) electrons. The Hall–Kier alpha value is -0.450. The average Bonchev–Trinajstić information content (AvgIpc) is 2.12. The Balaban J connectivity index is 2.63. The van der Waals surface area contributed by atoms with E-state index in [-0.39, 0.29) is 11.7 Å². The lowest BCUT2D eigenvalue weighted by Gasteiger charge is -2.01. The van der Waals surface area contributed by atoms with Gasteiger partial charge in [0.05, 0.1) is 12.9 Å². The molecule has 1 heterocycles. The molecule has 0 amide bonds. The molecular formula is C8H7Cl2NO2S. The maximum atomic E-state index is 10.8. The summed E-state index contributed by atoms with van der Waals surface area (Å²) < 4.78 is 4.49. The van der Waals surface area contributed by atoms with Crippen LogP contribution in [-0.4, -0.2) is 23.8 Å². The number of carbonyl (C=O) groups is 1. The van der Waals surface area contributed by atoms with Gasteiger partial charge < -0.3 is 4.74 Å². The van der Waals surface area contributed by atoms with Crippen molar-refractivity contribution >= 4 is 40.9 Å². The van der Waals surface area contributed by atoms with Gasteiger partial charge in [-0.2, -0.15) is 0 Å². The lowest BCUT2D eigenvalue weighted by Crippen LogP contribution is -2.02. The van der Waals surface area contributed by atoms with E-state index in [1.54, 1.807) is 12.1 Å². The number of ether oxygens (including phenoxy) is 1. The molecule has 1 rings (SSSR count). The summed E-state index contributed by atoms with van der Waals surface area (Å²) >= 11 is 12.6. The minimum Gasteiger partial charge on any atom is -0.468 e. The molecule has 0 saturated heterocycles. The van der Waals surface area contributed by atoms with Crippen LogP contribution in [0.4, 0.5) is 0 Å². The van der Waals surface area contributed by atoms with Gasteiger partial charge in [0, 0.05) is 4.90 Å². The van der Waals surface area contributed by atoms with Crippen LogP contribution < -0.4 is 0 Å². The van der Waals surface area contributed by atoms with Gasteiger partial charge in [0.15, 0.2) is 0 Å². The first-order chi connectivity index (χ1) is 6.61. The fourth-order valence-corrected chi connectivity index (χ4v) is 2.11. The van der Waals surface area contributed by atoms with Crippen molar-refractivity contribution in [3.63, 3.8) is 0 Å². The van der Waals surface area contributed by atoms with E-state index >= 15 is 0 Å². The molecule has 0 bridgehead atoms. The van der Waals surface area contributed by atoms with Crippen molar-refractivity contribution < 1.29 is 9.53 Å². The summed E-state index contributed by atoms with van der Waals surface area (Å²) in [6, 6.07) is 3.28. The van der Waals surface area contributed by atoms with E-state index in [0.717, 1.165) is 4.90 Å². The van der Waals surface area contributed by atoms with Gasteiger partial charge in [-0.3, -0.25) is 4.79 Å². The zero-order valence-corrected chi connectivity index (χ0v) is 9.62. The van der Waals surface area contributed by atoms with E-state index in [4.69, 9.17) is 23.2 Å². The van der Waals surface area contributed by atoms with Crippen molar-refractivity contribution in [2.45, 2.75) is 4.90 Å². The zero-order chi connectivity index (χ0) is 10.6. The van der Waals surface area contributed by atoms with Gasteiger partial charge in [-0.05, 0) is 12.1 Å². The Morgan fingerprint density at radius 2 is 2.07 bits per heavy atom. The van der Waals surface area contributed by atoms with Crippen LogP contribution in [0.25, 0.3) is 0 Å². The van der Waals surface area contributed by atoms with Gasteiger partial charge >= 0.3 is 5.97 Å². The van der Waals surface area contributed by atoms with E-state index in [1.807, 2.05) is 0 Å². The summed E-state index contributed by atoms with van der Waals surface area (Å²) in [7, 11) is 1.34. The summed E-state index contributed by atoms with van der Waals surface area (Å²) in [5.41, 5.74) is 0. The number of nitrogens with zero attached hydrogens (tertiary/aromatic N) is 1. The van der Waals surface area contributed by atoms with Crippen molar-refractivity contribution in [1.29, 1.82) is 0 Å². The Morgan fingerprint density at radius 1 is 1.50 bits per heavy atom. The number of esters is 1. The summed E-state index contributed by atoms with van der Waals surface area (Å²) in [5, 5.41) is 0.620. The molecule has 0 unspecified atom stereocenters. The lowest BCUT2D eigenvalue weighted by molar-refractivity contribution is -0.137. The van der Waals surface area contributed by atoms with Crippen molar-refractivity contribution in [3.8, 4) is 0 Å². The number of methoxy groups -OCH3 is 1. The van der Waals surface area contributed by atoms with Gasteiger partial charge in [-0.15, -0.1) is 11.8 Å². The first kappa shape index (κ1) is 11.6. The number of pyridine rings is 1. The van der Waals surface area contributed by atoms with Crippen LogP contribution in [0.15, 0.2) is 17.0 Å². The molecule has 0 aliphatic rings. The second kappa shape index (κ2) is 5.44. The predicted molar refractivity (Wildman–Crippen MR) is 57.0 cm³/mol. The number of thioether (sulfide) groups is 1. The summed E-state index contributed by atoms with van der Waals surface area (Å²) in [6.07, 6.45) is 0. The van der Waals surface area contributed by atoms with E-state index in [2.05, 4.69) is 9.72 Å². The second-order valence-corrected chi connectivity index (χ2v) is 4.14. The molecule has 0 atom stereocenters. The van der Waals surface area contributed by atoms with E-state index in [9.17, 15) is 4.79 Å². The SMILES string of the molecule is COC(=O)CSc1cc(Cl)nc(Cl)c1. The molecule has 0 fully saturated rings. The van der Waals surface area contributed by atoms with Crippen molar-refractivity contribution in [2.24, 2.45) is 0 Å². The Bertz CT molecular complexity index is 326. The van der Waals surface area contributed by atoms with Gasteiger partial charge in [-0.25, -0.2) is 4.98 Å².